The number of carbonyl (C=O) groups is 1. The fourth-order valence-corrected chi connectivity index (χ4v) is 5.49. The van der Waals surface area contributed by atoms with Crippen molar-refractivity contribution in [3.63, 3.8) is 0 Å². The molecule has 0 bridgehead atoms. The van der Waals surface area contributed by atoms with E-state index in [1.165, 1.54) is 107 Å². The van der Waals surface area contributed by atoms with Crippen LogP contribution in [0.25, 0.3) is 0 Å². The van der Waals surface area contributed by atoms with Crippen LogP contribution in [0, 0.1) is 0 Å². The van der Waals surface area contributed by atoms with Gasteiger partial charge in [-0.3, -0.25) is 9.32 Å². The number of aliphatic hydroxyl groups is 2. The number of amides is 1. The number of nitrogens with zero attached hydrogens (tertiary/aromatic N) is 1. The molecular weight excluding hydrogens is 595 g/mol. The van der Waals surface area contributed by atoms with Crippen molar-refractivity contribution >= 4 is 13.7 Å². The normalized spacial score (nSPS) is 22.2. The van der Waals surface area contributed by atoms with E-state index < -0.39 is 51.2 Å². The molecule has 1 fully saturated rings. The molecule has 6 atom stereocenters. The van der Waals surface area contributed by atoms with Gasteiger partial charge in [0, 0.05) is 26.2 Å². The fourth-order valence-electron chi connectivity index (χ4n) is 4.91. The highest BCUT2D eigenvalue weighted by Crippen LogP contribution is 2.45. The summed E-state index contributed by atoms with van der Waals surface area (Å²) in [4.78, 5) is 26.4. The lowest BCUT2D eigenvalue weighted by atomic mass is 10.0. The summed E-state index contributed by atoms with van der Waals surface area (Å²) in [6.45, 7) is 2.57. The average Bonchev–Trinajstić information content (AvgIpc) is 3.30. The first-order valence-corrected chi connectivity index (χ1v) is 17.4. The largest absolute Gasteiger partial charge is 0.499 e. The number of unbranched alkanes of at least 4 members (excludes halogenated alkanes) is 12. The second kappa shape index (κ2) is 22.1. The van der Waals surface area contributed by atoms with Crippen LogP contribution in [0.4, 0.5) is 0 Å². The molecule has 44 heavy (non-hydrogen) atoms. The van der Waals surface area contributed by atoms with Crippen molar-refractivity contribution in [3.8, 4) is 0 Å². The highest BCUT2D eigenvalue weighted by Gasteiger charge is 2.49. The van der Waals surface area contributed by atoms with Gasteiger partial charge in [0.05, 0.1) is 13.2 Å². The Labute approximate surface area is 261 Å². The van der Waals surface area contributed by atoms with E-state index in [1.54, 1.807) is 0 Å². The number of rotatable bonds is 26. The van der Waals surface area contributed by atoms with Gasteiger partial charge in [-0.15, -0.1) is 4.67 Å². The van der Waals surface area contributed by atoms with Crippen LogP contribution in [0.1, 0.15) is 113 Å². The van der Waals surface area contributed by atoms with Gasteiger partial charge in [0.25, 0.3) is 12.1 Å². The molecule has 0 aromatic carbocycles. The molecule has 254 valence electrons. The van der Waals surface area contributed by atoms with Gasteiger partial charge in [0.2, 0.25) is 0 Å². The molecule has 1 amide bonds. The number of aromatic nitrogens is 1. The van der Waals surface area contributed by atoms with Crippen LogP contribution in [0.2, 0.25) is 0 Å². The molecule has 2 heterocycles. The molecule has 2 rings (SSSR count). The number of pyridine rings is 1. The van der Waals surface area contributed by atoms with E-state index in [1.807, 2.05) is 0 Å². The van der Waals surface area contributed by atoms with Gasteiger partial charge in [-0.25, -0.2) is 4.57 Å². The maximum absolute atomic E-state index is 12.3. The van der Waals surface area contributed by atoms with Gasteiger partial charge in [-0.2, -0.15) is 9.45 Å². The van der Waals surface area contributed by atoms with Crippen LogP contribution in [-0.4, -0.2) is 72.5 Å². The van der Waals surface area contributed by atoms with Crippen LogP contribution < -0.4 is 10.3 Å². The standard InChI is InChI=1S/C30H53N2O11P/c1-3-4-5-6-7-8-9-10-11-12-13-14-15-20-39-21-18-26(38-2)42-43-44(36,37)40-23-25-27(33)28(34)30(41-25)32-19-16-17-24(22-32)29(31)35/h16-17,19,22,25-28,30,33-34H,3-15,18,20-21,23H2,1-2H3,(H2-,31,35,36,37)/p+1. The monoisotopic (exact) mass is 649 g/mol. The quantitative estimate of drug-likeness (QED) is 0.0282. The second-order valence-electron chi connectivity index (χ2n) is 11.2. The maximum Gasteiger partial charge on any atom is 0.499 e. The van der Waals surface area contributed by atoms with Gasteiger partial charge in [0.1, 0.15) is 17.8 Å². The van der Waals surface area contributed by atoms with E-state index in [9.17, 15) is 24.5 Å². The molecule has 1 aromatic rings. The van der Waals surface area contributed by atoms with E-state index in [4.69, 9.17) is 29.4 Å². The maximum atomic E-state index is 12.3. The van der Waals surface area contributed by atoms with E-state index in [0.29, 0.717) is 13.2 Å². The number of ether oxygens (including phenoxy) is 3. The van der Waals surface area contributed by atoms with E-state index >= 15 is 0 Å². The van der Waals surface area contributed by atoms with Crippen LogP contribution >= 0.6 is 7.82 Å². The summed E-state index contributed by atoms with van der Waals surface area (Å²) >= 11 is 0. The van der Waals surface area contributed by atoms with Crippen molar-refractivity contribution in [2.45, 2.75) is 128 Å². The van der Waals surface area contributed by atoms with Crippen LogP contribution in [-0.2, 0) is 32.9 Å². The molecule has 1 aliphatic rings. The zero-order valence-electron chi connectivity index (χ0n) is 26.3. The molecule has 6 unspecified atom stereocenters. The van der Waals surface area contributed by atoms with Gasteiger partial charge >= 0.3 is 7.82 Å². The van der Waals surface area contributed by atoms with Gasteiger partial charge < -0.3 is 35.1 Å². The Balaban J connectivity index is 1.54. The van der Waals surface area contributed by atoms with Crippen LogP contribution in [0.5, 0.6) is 0 Å². The number of hydrogen-bond donors (Lipinski definition) is 4. The number of aliphatic hydroxyl groups excluding tert-OH is 2. The average molecular weight is 650 g/mol. The molecule has 0 spiro atoms. The van der Waals surface area contributed by atoms with Crippen molar-refractivity contribution in [2.24, 2.45) is 5.73 Å². The summed E-state index contributed by atoms with van der Waals surface area (Å²) in [6.07, 6.45) is 13.7. The Hall–Kier alpha value is -1.51. The predicted octanol–water partition coefficient (Wildman–Crippen LogP) is 4.23. The Kier molecular flexibility index (Phi) is 19.4. The lowest BCUT2D eigenvalue weighted by Crippen LogP contribution is -2.46. The summed E-state index contributed by atoms with van der Waals surface area (Å²) in [7, 11) is -3.37. The first-order valence-electron chi connectivity index (χ1n) is 15.9. The first kappa shape index (κ1) is 38.7. The molecule has 1 saturated heterocycles. The molecular formula is C30H54N2O11P+. The Bertz CT molecular complexity index is 973. The van der Waals surface area contributed by atoms with Crippen molar-refractivity contribution in [2.75, 3.05) is 26.9 Å². The summed E-state index contributed by atoms with van der Waals surface area (Å²) in [5.74, 6) is -0.679. The Morgan fingerprint density at radius 3 is 2.20 bits per heavy atom. The third-order valence-electron chi connectivity index (χ3n) is 7.54. The topological polar surface area (TPSA) is 180 Å². The SMILES string of the molecule is CCCCCCCCCCCCCCCOCCC(OC)OOP(=O)(O)OCC1OC([n+]2cccc(C(N)=O)c2)C(O)C1O. The number of nitrogens with two attached hydrogens (primary N) is 1. The zero-order chi connectivity index (χ0) is 32.2. The van der Waals surface area contributed by atoms with Gasteiger partial charge in [-0.05, 0) is 12.5 Å². The second-order valence-corrected chi connectivity index (χ2v) is 12.5. The smallest absolute Gasteiger partial charge is 0.387 e. The number of methoxy groups -OCH3 is 1. The highest BCUT2D eigenvalue weighted by atomic mass is 31.2. The third kappa shape index (κ3) is 15.2. The lowest BCUT2D eigenvalue weighted by Gasteiger charge is -2.19. The number of hydrogen-bond acceptors (Lipinski definition) is 10. The van der Waals surface area contributed by atoms with Crippen molar-refractivity contribution in [1.82, 2.24) is 0 Å². The number of carbonyl (C=O) groups excluding carboxylic acids is 1. The number of phosphoric ester groups is 1. The van der Waals surface area contributed by atoms with Crippen molar-refractivity contribution in [3.05, 3.63) is 30.1 Å². The molecule has 13 nitrogen and oxygen atoms in total. The number of primary amides is 1. The summed E-state index contributed by atoms with van der Waals surface area (Å²) in [5, 5.41) is 20.8. The van der Waals surface area contributed by atoms with Crippen molar-refractivity contribution in [1.29, 1.82) is 0 Å². The number of phosphoric acid groups is 1. The molecule has 5 N–H and O–H groups in total. The first-order chi connectivity index (χ1) is 21.2. The summed E-state index contributed by atoms with van der Waals surface area (Å²) < 4.78 is 39.5. The van der Waals surface area contributed by atoms with Gasteiger partial charge in [0.15, 0.2) is 24.8 Å². The molecule has 0 saturated carbocycles. The summed E-state index contributed by atoms with van der Waals surface area (Å²) in [6, 6.07) is 3.01. The minimum Gasteiger partial charge on any atom is -0.387 e. The molecule has 14 heteroatoms. The van der Waals surface area contributed by atoms with E-state index in [-0.39, 0.29) is 12.0 Å². The molecule has 0 aliphatic carbocycles. The molecule has 1 aromatic heterocycles. The van der Waals surface area contributed by atoms with Crippen LogP contribution in [0.15, 0.2) is 24.5 Å². The fraction of sp³-hybridized carbons (Fsp3) is 0.800. The van der Waals surface area contributed by atoms with E-state index in [2.05, 4.69) is 11.6 Å². The zero-order valence-corrected chi connectivity index (χ0v) is 27.2. The van der Waals surface area contributed by atoms with Gasteiger partial charge in [-0.1, -0.05) is 84.0 Å². The third-order valence-corrected chi connectivity index (χ3v) is 8.29. The van der Waals surface area contributed by atoms with Crippen LogP contribution in [0.3, 0.4) is 0 Å². The Morgan fingerprint density at radius 2 is 1.61 bits per heavy atom. The summed E-state index contributed by atoms with van der Waals surface area (Å²) in [5.41, 5.74) is 5.45. The minimum absolute atomic E-state index is 0.167. The minimum atomic E-state index is -4.73. The molecule has 0 radical (unpaired) electrons. The van der Waals surface area contributed by atoms with Crippen molar-refractivity contribution < 1.29 is 57.3 Å². The lowest BCUT2D eigenvalue weighted by molar-refractivity contribution is -0.765. The predicted molar refractivity (Wildman–Crippen MR) is 161 cm³/mol. The highest BCUT2D eigenvalue weighted by molar-refractivity contribution is 7.47. The Morgan fingerprint density at radius 1 is 1.00 bits per heavy atom. The molecule has 1 aliphatic heterocycles. The van der Waals surface area contributed by atoms with E-state index in [0.717, 1.165) is 12.8 Å².